The normalized spacial score (nSPS) is 13.8. The number of amides is 1. The molecule has 0 spiro atoms. The molecule has 2 aromatic heterocycles. The fraction of sp³-hybridized carbons (Fsp3) is 0.235. The maximum atomic E-state index is 12.2. The van der Waals surface area contributed by atoms with Crippen molar-refractivity contribution in [3.05, 3.63) is 42.1 Å². The number of hydrogen-bond acceptors (Lipinski definition) is 4. The van der Waals surface area contributed by atoms with Gasteiger partial charge in [-0.05, 0) is 29.8 Å². The van der Waals surface area contributed by atoms with Gasteiger partial charge in [0.15, 0.2) is 5.82 Å². The predicted octanol–water partition coefficient (Wildman–Crippen LogP) is 2.16. The van der Waals surface area contributed by atoms with E-state index in [-0.39, 0.29) is 5.91 Å². The van der Waals surface area contributed by atoms with Gasteiger partial charge in [0.2, 0.25) is 5.91 Å². The lowest BCUT2D eigenvalue weighted by atomic mass is 10.1. The number of nitrogens with zero attached hydrogens (tertiary/aromatic N) is 3. The number of carbonyl (C=O) groups is 1. The summed E-state index contributed by atoms with van der Waals surface area (Å²) in [4.78, 5) is 26.1. The summed E-state index contributed by atoms with van der Waals surface area (Å²) in [5.41, 5.74) is 4.51. The molecule has 1 aliphatic heterocycles. The molecular weight excluding hydrogens is 292 g/mol. The van der Waals surface area contributed by atoms with Crippen molar-refractivity contribution in [3.63, 3.8) is 0 Å². The topological polar surface area (TPSA) is 71.1 Å². The van der Waals surface area contributed by atoms with Crippen molar-refractivity contribution in [1.82, 2.24) is 15.0 Å². The summed E-state index contributed by atoms with van der Waals surface area (Å²) in [5, 5.41) is 0. The standard InChI is InChI=1S/C17H16N4O2/c1-23-7-6-21-15-10-14-13(8-11(15)9-16(21)22)19-17(20-14)12-4-2-3-5-18-12/h2-5,8,10H,6-7,9H2,1H3,(H,19,20). The lowest BCUT2D eigenvalue weighted by Crippen LogP contribution is -2.30. The van der Waals surface area contributed by atoms with Gasteiger partial charge in [-0.1, -0.05) is 6.07 Å². The average molecular weight is 308 g/mol. The number of anilines is 1. The molecule has 0 aliphatic carbocycles. The number of H-pyrrole nitrogens is 1. The van der Waals surface area contributed by atoms with Crippen molar-refractivity contribution < 1.29 is 9.53 Å². The molecule has 0 saturated heterocycles. The molecule has 23 heavy (non-hydrogen) atoms. The van der Waals surface area contributed by atoms with E-state index in [0.717, 1.165) is 33.8 Å². The quantitative estimate of drug-likeness (QED) is 0.802. The monoisotopic (exact) mass is 308 g/mol. The second kappa shape index (κ2) is 5.48. The van der Waals surface area contributed by atoms with E-state index in [1.165, 1.54) is 0 Å². The molecule has 0 unspecified atom stereocenters. The van der Waals surface area contributed by atoms with E-state index in [9.17, 15) is 4.79 Å². The molecule has 1 aliphatic rings. The van der Waals surface area contributed by atoms with Crippen LogP contribution in [0.25, 0.3) is 22.6 Å². The highest BCUT2D eigenvalue weighted by Gasteiger charge is 2.28. The third-order valence-corrected chi connectivity index (χ3v) is 4.04. The first-order valence-corrected chi connectivity index (χ1v) is 7.49. The van der Waals surface area contributed by atoms with E-state index in [2.05, 4.69) is 15.0 Å². The number of methoxy groups -OCH3 is 1. The number of rotatable bonds is 4. The van der Waals surface area contributed by atoms with Gasteiger partial charge in [0.25, 0.3) is 0 Å². The fourth-order valence-corrected chi connectivity index (χ4v) is 2.93. The van der Waals surface area contributed by atoms with E-state index in [1.807, 2.05) is 30.3 Å². The number of ether oxygens (including phenoxy) is 1. The fourth-order valence-electron chi connectivity index (χ4n) is 2.93. The van der Waals surface area contributed by atoms with E-state index in [0.29, 0.717) is 19.6 Å². The Morgan fingerprint density at radius 3 is 3.04 bits per heavy atom. The molecule has 6 nitrogen and oxygen atoms in total. The van der Waals surface area contributed by atoms with Gasteiger partial charge in [-0.3, -0.25) is 9.78 Å². The zero-order chi connectivity index (χ0) is 15.8. The van der Waals surface area contributed by atoms with Crippen LogP contribution in [0.1, 0.15) is 5.56 Å². The van der Waals surface area contributed by atoms with Gasteiger partial charge in [0.1, 0.15) is 5.69 Å². The van der Waals surface area contributed by atoms with Crippen molar-refractivity contribution in [3.8, 4) is 11.5 Å². The molecular formula is C17H16N4O2. The third kappa shape index (κ3) is 2.37. The number of pyridine rings is 1. The Kier molecular flexibility index (Phi) is 3.31. The van der Waals surface area contributed by atoms with Crippen molar-refractivity contribution in [2.45, 2.75) is 6.42 Å². The minimum absolute atomic E-state index is 0.106. The van der Waals surface area contributed by atoms with Crippen molar-refractivity contribution in [2.24, 2.45) is 0 Å². The molecule has 3 heterocycles. The highest BCUT2D eigenvalue weighted by molar-refractivity contribution is 6.04. The number of benzene rings is 1. The number of aromatic nitrogens is 3. The van der Waals surface area contributed by atoms with Gasteiger partial charge in [0.05, 0.1) is 24.1 Å². The molecule has 0 saturated carbocycles. The largest absolute Gasteiger partial charge is 0.383 e. The molecule has 116 valence electrons. The van der Waals surface area contributed by atoms with Gasteiger partial charge in [-0.25, -0.2) is 4.98 Å². The summed E-state index contributed by atoms with van der Waals surface area (Å²) in [6.07, 6.45) is 2.17. The molecule has 0 fully saturated rings. The summed E-state index contributed by atoms with van der Waals surface area (Å²) in [6.45, 7) is 1.08. The Morgan fingerprint density at radius 2 is 2.26 bits per heavy atom. The Morgan fingerprint density at radius 1 is 1.35 bits per heavy atom. The van der Waals surface area contributed by atoms with Crippen LogP contribution in [0, 0.1) is 0 Å². The average Bonchev–Trinajstić information content (AvgIpc) is 3.11. The molecule has 0 bridgehead atoms. The van der Waals surface area contributed by atoms with Crippen LogP contribution >= 0.6 is 0 Å². The summed E-state index contributed by atoms with van der Waals surface area (Å²) < 4.78 is 5.09. The first-order valence-electron chi connectivity index (χ1n) is 7.49. The third-order valence-electron chi connectivity index (χ3n) is 4.04. The summed E-state index contributed by atoms with van der Waals surface area (Å²) in [7, 11) is 1.64. The second-order valence-electron chi connectivity index (χ2n) is 5.51. The number of aromatic amines is 1. The first-order chi connectivity index (χ1) is 11.3. The van der Waals surface area contributed by atoms with Gasteiger partial charge >= 0.3 is 0 Å². The van der Waals surface area contributed by atoms with Crippen LogP contribution in [-0.2, 0) is 16.0 Å². The van der Waals surface area contributed by atoms with Crippen molar-refractivity contribution in [2.75, 3.05) is 25.2 Å². The molecule has 1 N–H and O–H groups in total. The number of carbonyl (C=O) groups excluding carboxylic acids is 1. The first kappa shape index (κ1) is 13.9. The van der Waals surface area contributed by atoms with Crippen LogP contribution in [0.15, 0.2) is 36.5 Å². The molecule has 1 aromatic carbocycles. The van der Waals surface area contributed by atoms with Gasteiger partial charge in [0, 0.05) is 25.5 Å². The number of hydrogen-bond donors (Lipinski definition) is 1. The molecule has 0 radical (unpaired) electrons. The SMILES string of the molecule is COCCN1C(=O)Cc2cc3[nH]c(-c4ccccn4)nc3cc21. The van der Waals surface area contributed by atoms with E-state index >= 15 is 0 Å². The van der Waals surface area contributed by atoms with Crippen LogP contribution < -0.4 is 4.90 Å². The van der Waals surface area contributed by atoms with Crippen molar-refractivity contribution >= 4 is 22.6 Å². The summed E-state index contributed by atoms with van der Waals surface area (Å²) >= 11 is 0. The van der Waals surface area contributed by atoms with Crippen LogP contribution in [0.3, 0.4) is 0 Å². The molecule has 1 amide bonds. The van der Waals surface area contributed by atoms with Gasteiger partial charge in [-0.2, -0.15) is 0 Å². The summed E-state index contributed by atoms with van der Waals surface area (Å²) in [6, 6.07) is 9.70. The lowest BCUT2D eigenvalue weighted by molar-refractivity contribution is -0.117. The zero-order valence-electron chi connectivity index (χ0n) is 12.7. The Hall–Kier alpha value is -2.73. The Balaban J connectivity index is 1.76. The zero-order valence-corrected chi connectivity index (χ0v) is 12.7. The van der Waals surface area contributed by atoms with E-state index < -0.39 is 0 Å². The minimum Gasteiger partial charge on any atom is -0.383 e. The number of nitrogens with one attached hydrogen (secondary N) is 1. The second-order valence-corrected chi connectivity index (χ2v) is 5.51. The Bertz CT molecular complexity index is 873. The number of fused-ring (bicyclic) bond motifs is 2. The van der Waals surface area contributed by atoms with Crippen LogP contribution in [0.5, 0.6) is 0 Å². The maximum absolute atomic E-state index is 12.2. The van der Waals surface area contributed by atoms with Crippen molar-refractivity contribution in [1.29, 1.82) is 0 Å². The lowest BCUT2D eigenvalue weighted by Gasteiger charge is -2.16. The molecule has 6 heteroatoms. The predicted molar refractivity (Wildman–Crippen MR) is 87.3 cm³/mol. The highest BCUT2D eigenvalue weighted by atomic mass is 16.5. The smallest absolute Gasteiger partial charge is 0.231 e. The van der Waals surface area contributed by atoms with Crippen LogP contribution in [-0.4, -0.2) is 41.1 Å². The minimum atomic E-state index is 0.106. The summed E-state index contributed by atoms with van der Waals surface area (Å²) in [5.74, 6) is 0.841. The molecule has 0 atom stereocenters. The maximum Gasteiger partial charge on any atom is 0.231 e. The van der Waals surface area contributed by atoms with Crippen LogP contribution in [0.2, 0.25) is 0 Å². The van der Waals surface area contributed by atoms with Gasteiger partial charge in [-0.15, -0.1) is 0 Å². The molecule has 3 aromatic rings. The Labute approximate surface area is 133 Å². The van der Waals surface area contributed by atoms with E-state index in [1.54, 1.807) is 18.2 Å². The van der Waals surface area contributed by atoms with Gasteiger partial charge < -0.3 is 14.6 Å². The van der Waals surface area contributed by atoms with Crippen LogP contribution in [0.4, 0.5) is 5.69 Å². The molecule has 4 rings (SSSR count). The van der Waals surface area contributed by atoms with E-state index in [4.69, 9.17) is 4.74 Å². The number of imidazole rings is 1. The highest BCUT2D eigenvalue weighted by Crippen LogP contribution is 2.33.